The number of terminal acetylenes is 1. The van der Waals surface area contributed by atoms with Crippen LogP contribution in [-0.4, -0.2) is 0 Å². The first-order valence-electron chi connectivity index (χ1n) is 6.38. The van der Waals surface area contributed by atoms with E-state index >= 15 is 0 Å². The standard InChI is InChI=1S/C19H14/c1-2-19(16-9-4-3-5-10-16)18-13-12-15-8-6-7-11-17(15)14-18/h1,3-14,19H. The van der Waals surface area contributed by atoms with Gasteiger partial charge in [-0.3, -0.25) is 0 Å². The number of fused-ring (bicyclic) bond motifs is 1. The van der Waals surface area contributed by atoms with Gasteiger partial charge in [-0.1, -0.05) is 72.7 Å². The van der Waals surface area contributed by atoms with Gasteiger partial charge in [0.1, 0.15) is 0 Å². The molecule has 3 aromatic carbocycles. The van der Waals surface area contributed by atoms with Crippen molar-refractivity contribution in [2.45, 2.75) is 5.92 Å². The highest BCUT2D eigenvalue weighted by Gasteiger charge is 2.10. The third kappa shape index (κ3) is 2.23. The third-order valence-corrected chi connectivity index (χ3v) is 3.41. The summed E-state index contributed by atoms with van der Waals surface area (Å²) in [5.41, 5.74) is 2.34. The van der Waals surface area contributed by atoms with Gasteiger partial charge in [0.05, 0.1) is 5.92 Å². The zero-order valence-corrected chi connectivity index (χ0v) is 10.6. The average Bonchev–Trinajstić information content (AvgIpc) is 2.49. The van der Waals surface area contributed by atoms with E-state index in [1.165, 1.54) is 21.9 Å². The number of benzene rings is 3. The number of hydrogen-bond acceptors (Lipinski definition) is 0. The highest BCUT2D eigenvalue weighted by Crippen LogP contribution is 2.26. The van der Waals surface area contributed by atoms with Crippen LogP contribution in [0.15, 0.2) is 72.8 Å². The molecular weight excluding hydrogens is 228 g/mol. The van der Waals surface area contributed by atoms with Crippen LogP contribution in [0.1, 0.15) is 17.0 Å². The monoisotopic (exact) mass is 242 g/mol. The van der Waals surface area contributed by atoms with E-state index in [0.29, 0.717) is 0 Å². The maximum absolute atomic E-state index is 5.73. The minimum Gasteiger partial charge on any atom is -0.119 e. The Balaban J connectivity index is 2.10. The topological polar surface area (TPSA) is 0 Å². The third-order valence-electron chi connectivity index (χ3n) is 3.41. The lowest BCUT2D eigenvalue weighted by Gasteiger charge is -2.12. The van der Waals surface area contributed by atoms with Crippen molar-refractivity contribution in [2.75, 3.05) is 0 Å². The molecule has 0 nitrogen and oxygen atoms in total. The van der Waals surface area contributed by atoms with Gasteiger partial charge < -0.3 is 0 Å². The summed E-state index contributed by atoms with van der Waals surface area (Å²) in [6, 6.07) is 25.0. The van der Waals surface area contributed by atoms with Gasteiger partial charge in [0.25, 0.3) is 0 Å². The van der Waals surface area contributed by atoms with Crippen molar-refractivity contribution in [3.05, 3.63) is 83.9 Å². The van der Waals surface area contributed by atoms with E-state index in [1.807, 2.05) is 18.2 Å². The van der Waals surface area contributed by atoms with Crippen LogP contribution >= 0.6 is 0 Å². The zero-order valence-electron chi connectivity index (χ0n) is 10.6. The maximum atomic E-state index is 5.73. The Hall–Kier alpha value is -2.52. The molecule has 3 aromatic rings. The first-order valence-corrected chi connectivity index (χ1v) is 6.38. The summed E-state index contributed by atoms with van der Waals surface area (Å²) in [6.07, 6.45) is 5.73. The molecule has 0 saturated carbocycles. The molecule has 0 aliphatic heterocycles. The van der Waals surface area contributed by atoms with E-state index in [4.69, 9.17) is 6.42 Å². The maximum Gasteiger partial charge on any atom is 0.0699 e. The second-order valence-corrected chi connectivity index (χ2v) is 4.62. The van der Waals surface area contributed by atoms with Crippen molar-refractivity contribution in [3.63, 3.8) is 0 Å². The van der Waals surface area contributed by atoms with E-state index in [0.717, 1.165) is 0 Å². The molecule has 0 aliphatic carbocycles. The fourth-order valence-electron chi connectivity index (χ4n) is 2.42. The summed E-state index contributed by atoms with van der Waals surface area (Å²) in [5.74, 6) is 2.92. The first kappa shape index (κ1) is 11.6. The predicted molar refractivity (Wildman–Crippen MR) is 81.1 cm³/mol. The van der Waals surface area contributed by atoms with E-state index in [1.54, 1.807) is 0 Å². The molecular formula is C19H14. The van der Waals surface area contributed by atoms with Crippen LogP contribution < -0.4 is 0 Å². The SMILES string of the molecule is C#CC(c1ccccc1)c1ccc2ccccc2c1. The molecule has 19 heavy (non-hydrogen) atoms. The summed E-state index contributed by atoms with van der Waals surface area (Å²) < 4.78 is 0. The normalized spacial score (nSPS) is 11.9. The minimum atomic E-state index is 0.0193. The van der Waals surface area contributed by atoms with Crippen molar-refractivity contribution < 1.29 is 0 Å². The lowest BCUT2D eigenvalue weighted by atomic mass is 9.91. The highest BCUT2D eigenvalue weighted by atomic mass is 14.1. The Morgan fingerprint density at radius 2 is 1.37 bits per heavy atom. The lowest BCUT2D eigenvalue weighted by Crippen LogP contribution is -1.97. The number of hydrogen-bond donors (Lipinski definition) is 0. The molecule has 0 aromatic heterocycles. The Bertz CT molecular complexity index is 733. The van der Waals surface area contributed by atoms with Crippen LogP contribution in [-0.2, 0) is 0 Å². The molecule has 0 radical (unpaired) electrons. The molecule has 90 valence electrons. The van der Waals surface area contributed by atoms with Crippen molar-refractivity contribution in [3.8, 4) is 12.3 Å². The predicted octanol–water partition coefficient (Wildman–Crippen LogP) is 4.60. The summed E-state index contributed by atoms with van der Waals surface area (Å²) >= 11 is 0. The Morgan fingerprint density at radius 3 is 2.11 bits per heavy atom. The molecule has 0 heterocycles. The summed E-state index contributed by atoms with van der Waals surface area (Å²) in [7, 11) is 0. The molecule has 0 bridgehead atoms. The van der Waals surface area contributed by atoms with Gasteiger partial charge >= 0.3 is 0 Å². The molecule has 0 spiro atoms. The Morgan fingerprint density at radius 1 is 0.684 bits per heavy atom. The molecule has 0 amide bonds. The van der Waals surface area contributed by atoms with Crippen LogP contribution in [0.25, 0.3) is 10.8 Å². The van der Waals surface area contributed by atoms with Crippen LogP contribution in [0.5, 0.6) is 0 Å². The molecule has 0 saturated heterocycles. The first-order chi connectivity index (χ1) is 9.38. The second-order valence-electron chi connectivity index (χ2n) is 4.62. The van der Waals surface area contributed by atoms with Gasteiger partial charge in [-0.05, 0) is 28.0 Å². The van der Waals surface area contributed by atoms with Gasteiger partial charge in [0, 0.05) is 0 Å². The van der Waals surface area contributed by atoms with Crippen LogP contribution in [0.2, 0.25) is 0 Å². The summed E-state index contributed by atoms with van der Waals surface area (Å²) in [5, 5.41) is 2.48. The molecule has 0 aliphatic rings. The Labute approximate surface area is 113 Å². The lowest BCUT2D eigenvalue weighted by molar-refractivity contribution is 1.07. The van der Waals surface area contributed by atoms with Crippen molar-refractivity contribution in [1.29, 1.82) is 0 Å². The summed E-state index contributed by atoms with van der Waals surface area (Å²) in [6.45, 7) is 0. The van der Waals surface area contributed by atoms with E-state index in [-0.39, 0.29) is 5.92 Å². The van der Waals surface area contributed by atoms with Crippen molar-refractivity contribution >= 4 is 10.8 Å². The van der Waals surface area contributed by atoms with E-state index in [2.05, 4.69) is 60.5 Å². The molecule has 0 heteroatoms. The van der Waals surface area contributed by atoms with Crippen LogP contribution in [0.4, 0.5) is 0 Å². The van der Waals surface area contributed by atoms with Crippen molar-refractivity contribution in [1.82, 2.24) is 0 Å². The molecule has 3 rings (SSSR count). The summed E-state index contributed by atoms with van der Waals surface area (Å²) in [4.78, 5) is 0. The number of rotatable bonds is 2. The smallest absolute Gasteiger partial charge is 0.0699 e. The average molecular weight is 242 g/mol. The van der Waals surface area contributed by atoms with Gasteiger partial charge in [-0.15, -0.1) is 6.42 Å². The minimum absolute atomic E-state index is 0.0193. The molecule has 1 atom stereocenters. The fraction of sp³-hybridized carbons (Fsp3) is 0.0526. The van der Waals surface area contributed by atoms with E-state index in [9.17, 15) is 0 Å². The van der Waals surface area contributed by atoms with Gasteiger partial charge in [0.15, 0.2) is 0 Å². The molecule has 1 unspecified atom stereocenters. The second kappa shape index (κ2) is 5.00. The fourth-order valence-corrected chi connectivity index (χ4v) is 2.42. The van der Waals surface area contributed by atoms with Gasteiger partial charge in [-0.2, -0.15) is 0 Å². The zero-order chi connectivity index (χ0) is 13.1. The van der Waals surface area contributed by atoms with Crippen LogP contribution in [0, 0.1) is 12.3 Å². The van der Waals surface area contributed by atoms with Gasteiger partial charge in [0.2, 0.25) is 0 Å². The van der Waals surface area contributed by atoms with E-state index < -0.39 is 0 Å². The van der Waals surface area contributed by atoms with Crippen molar-refractivity contribution in [2.24, 2.45) is 0 Å². The highest BCUT2D eigenvalue weighted by molar-refractivity contribution is 5.83. The molecule has 0 fully saturated rings. The quantitative estimate of drug-likeness (QED) is 0.576. The largest absolute Gasteiger partial charge is 0.119 e. The molecule has 0 N–H and O–H groups in total. The van der Waals surface area contributed by atoms with Crippen LogP contribution in [0.3, 0.4) is 0 Å². The van der Waals surface area contributed by atoms with Gasteiger partial charge in [-0.25, -0.2) is 0 Å². The Kier molecular flexibility index (Phi) is 3.04.